The van der Waals surface area contributed by atoms with Crippen LogP contribution in [0.2, 0.25) is 0 Å². The van der Waals surface area contributed by atoms with Crippen LogP contribution in [0.1, 0.15) is 27.7 Å². The first-order chi connectivity index (χ1) is 9.24. The third-order valence-corrected chi connectivity index (χ3v) is 3.34. The van der Waals surface area contributed by atoms with Crippen molar-refractivity contribution >= 4 is 11.8 Å². The number of methoxy groups -OCH3 is 1. The second-order valence-corrected chi connectivity index (χ2v) is 5.10. The second-order valence-electron chi connectivity index (χ2n) is 5.10. The molecule has 5 unspecified atom stereocenters. The average molecular weight is 289 g/mol. The number of hydrogen-bond donors (Lipinski definition) is 4. The maximum absolute atomic E-state index is 11.3. The van der Waals surface area contributed by atoms with Crippen LogP contribution in [0, 0.1) is 5.92 Å². The summed E-state index contributed by atoms with van der Waals surface area (Å²) >= 11 is 0. The lowest BCUT2D eigenvalue weighted by Crippen LogP contribution is -2.60. The van der Waals surface area contributed by atoms with Gasteiger partial charge in [0.15, 0.2) is 0 Å². The van der Waals surface area contributed by atoms with Gasteiger partial charge in [-0.25, -0.2) is 0 Å². The molecule has 0 aromatic heterocycles. The zero-order valence-corrected chi connectivity index (χ0v) is 12.8. The summed E-state index contributed by atoms with van der Waals surface area (Å²) in [7, 11) is 1.49. The van der Waals surface area contributed by atoms with Gasteiger partial charge in [-0.3, -0.25) is 9.59 Å². The number of nitrogens with two attached hydrogens (primary N) is 1. The molecule has 0 fully saturated rings. The Morgan fingerprint density at radius 3 is 1.95 bits per heavy atom. The molecule has 0 saturated heterocycles. The average Bonchev–Trinajstić information content (AvgIpc) is 2.39. The van der Waals surface area contributed by atoms with Crippen LogP contribution in [0.5, 0.6) is 0 Å². The molecule has 0 saturated carbocycles. The molecule has 0 spiro atoms. The Kier molecular flexibility index (Phi) is 8.36. The van der Waals surface area contributed by atoms with Gasteiger partial charge in [0.25, 0.3) is 0 Å². The van der Waals surface area contributed by atoms with Crippen LogP contribution >= 0.6 is 0 Å². The van der Waals surface area contributed by atoms with Gasteiger partial charge in [0, 0.05) is 21.0 Å². The van der Waals surface area contributed by atoms with E-state index in [0.717, 1.165) is 0 Å². The van der Waals surface area contributed by atoms with Crippen LogP contribution in [0.25, 0.3) is 0 Å². The first kappa shape index (κ1) is 18.8. The number of rotatable bonds is 8. The van der Waals surface area contributed by atoms with E-state index in [9.17, 15) is 14.7 Å². The Morgan fingerprint density at radius 1 is 1.15 bits per heavy atom. The predicted molar refractivity (Wildman–Crippen MR) is 75.9 cm³/mol. The van der Waals surface area contributed by atoms with Gasteiger partial charge in [0.1, 0.15) is 0 Å². The van der Waals surface area contributed by atoms with Crippen LogP contribution in [-0.4, -0.2) is 54.9 Å². The summed E-state index contributed by atoms with van der Waals surface area (Å²) < 4.78 is 5.18. The number of hydrogen-bond acceptors (Lipinski definition) is 5. The highest BCUT2D eigenvalue weighted by Crippen LogP contribution is 2.14. The summed E-state index contributed by atoms with van der Waals surface area (Å²) in [6.45, 7) is 6.60. The lowest BCUT2D eigenvalue weighted by molar-refractivity contribution is -0.123. The van der Waals surface area contributed by atoms with E-state index in [4.69, 9.17) is 10.5 Å². The zero-order valence-electron chi connectivity index (χ0n) is 12.8. The summed E-state index contributed by atoms with van der Waals surface area (Å²) in [6, 6.07) is -1.20. The molecular formula is C13H27N3O4. The molecule has 20 heavy (non-hydrogen) atoms. The Balaban J connectivity index is 5.15. The minimum atomic E-state index is -1.00. The Bertz CT molecular complexity index is 295. The molecule has 5 atom stereocenters. The van der Waals surface area contributed by atoms with Gasteiger partial charge in [-0.2, -0.15) is 0 Å². The van der Waals surface area contributed by atoms with E-state index < -0.39 is 24.3 Å². The van der Waals surface area contributed by atoms with Crippen molar-refractivity contribution in [1.29, 1.82) is 0 Å². The lowest BCUT2D eigenvalue weighted by Gasteiger charge is -2.36. The monoisotopic (exact) mass is 289 g/mol. The van der Waals surface area contributed by atoms with Crippen LogP contribution in [0.15, 0.2) is 0 Å². The fraction of sp³-hybridized carbons (Fsp3) is 0.846. The minimum absolute atomic E-state index is 0.144. The van der Waals surface area contributed by atoms with E-state index in [2.05, 4.69) is 10.6 Å². The molecule has 0 aromatic carbocycles. The highest BCUT2D eigenvalue weighted by atomic mass is 16.5. The summed E-state index contributed by atoms with van der Waals surface area (Å²) in [4.78, 5) is 22.6. The van der Waals surface area contributed by atoms with Gasteiger partial charge in [-0.15, -0.1) is 0 Å². The largest absolute Gasteiger partial charge is 0.389 e. The van der Waals surface area contributed by atoms with Gasteiger partial charge >= 0.3 is 0 Å². The van der Waals surface area contributed by atoms with Crippen LogP contribution in [-0.2, 0) is 14.3 Å². The number of aliphatic hydroxyl groups excluding tert-OH is 1. The van der Waals surface area contributed by atoms with Gasteiger partial charge in [-0.1, -0.05) is 6.92 Å². The van der Waals surface area contributed by atoms with E-state index in [-0.39, 0.29) is 17.7 Å². The minimum Gasteiger partial charge on any atom is -0.389 e. The topological polar surface area (TPSA) is 114 Å². The number of carbonyl (C=O) groups is 2. The fourth-order valence-corrected chi connectivity index (χ4v) is 2.03. The molecule has 2 amide bonds. The molecule has 7 nitrogen and oxygen atoms in total. The van der Waals surface area contributed by atoms with Crippen molar-refractivity contribution in [3.8, 4) is 0 Å². The van der Waals surface area contributed by atoms with Gasteiger partial charge in [-0.05, 0) is 19.4 Å². The van der Waals surface area contributed by atoms with Crippen molar-refractivity contribution in [2.45, 2.75) is 52.0 Å². The van der Waals surface area contributed by atoms with E-state index in [1.54, 1.807) is 6.92 Å². The maximum Gasteiger partial charge on any atom is 0.217 e. The molecule has 0 aromatic rings. The van der Waals surface area contributed by atoms with E-state index >= 15 is 0 Å². The number of ether oxygens (including phenoxy) is 1. The van der Waals surface area contributed by atoms with E-state index in [0.29, 0.717) is 6.54 Å². The molecule has 0 aliphatic heterocycles. The number of aliphatic hydroxyl groups is 1. The first-order valence-corrected chi connectivity index (χ1v) is 6.69. The van der Waals surface area contributed by atoms with E-state index in [1.165, 1.54) is 21.0 Å². The molecular weight excluding hydrogens is 262 g/mol. The standard InChI is InChI=1S/C13H27N3O4/c1-7(6-14)11(15-9(3)17)13(19)12(8(2)20-5)16-10(4)18/h7-8,11-13,19H,6,14H2,1-5H3,(H,15,17)(H,16,18). The summed E-state index contributed by atoms with van der Waals surface area (Å²) in [5.41, 5.74) is 5.62. The highest BCUT2D eigenvalue weighted by Gasteiger charge is 2.35. The SMILES string of the molecule is COC(C)C(NC(C)=O)C(O)C(NC(C)=O)C(C)CN. The van der Waals surface area contributed by atoms with Crippen molar-refractivity contribution in [2.75, 3.05) is 13.7 Å². The van der Waals surface area contributed by atoms with Crippen LogP contribution < -0.4 is 16.4 Å². The lowest BCUT2D eigenvalue weighted by atomic mass is 9.90. The van der Waals surface area contributed by atoms with E-state index in [1.807, 2.05) is 6.92 Å². The Hall–Kier alpha value is -1.18. The quantitative estimate of drug-likeness (QED) is 0.457. The third-order valence-electron chi connectivity index (χ3n) is 3.34. The maximum atomic E-state index is 11.3. The Labute approximate surface area is 120 Å². The molecule has 0 rings (SSSR count). The highest BCUT2D eigenvalue weighted by molar-refractivity contribution is 5.74. The van der Waals surface area contributed by atoms with Crippen molar-refractivity contribution in [2.24, 2.45) is 11.7 Å². The molecule has 0 aliphatic carbocycles. The van der Waals surface area contributed by atoms with Crippen molar-refractivity contribution in [1.82, 2.24) is 10.6 Å². The number of carbonyl (C=O) groups excluding carboxylic acids is 2. The fourth-order valence-electron chi connectivity index (χ4n) is 2.03. The number of nitrogens with one attached hydrogen (secondary N) is 2. The Morgan fingerprint density at radius 2 is 1.60 bits per heavy atom. The summed E-state index contributed by atoms with van der Waals surface area (Å²) in [6.07, 6.45) is -1.41. The molecule has 0 heterocycles. The molecule has 0 aliphatic rings. The van der Waals surface area contributed by atoms with Crippen molar-refractivity contribution in [3.05, 3.63) is 0 Å². The number of amides is 2. The van der Waals surface area contributed by atoms with Crippen LogP contribution in [0.3, 0.4) is 0 Å². The zero-order chi connectivity index (χ0) is 15.9. The molecule has 5 N–H and O–H groups in total. The summed E-state index contributed by atoms with van der Waals surface area (Å²) in [5.74, 6) is -0.685. The molecule has 7 heteroatoms. The molecule has 0 bridgehead atoms. The second kappa shape index (κ2) is 8.89. The molecule has 0 radical (unpaired) electrons. The van der Waals surface area contributed by atoms with Gasteiger partial charge < -0.3 is 26.2 Å². The normalized spacial score (nSPS) is 18.6. The van der Waals surface area contributed by atoms with Gasteiger partial charge in [0.05, 0.1) is 24.3 Å². The van der Waals surface area contributed by atoms with Crippen molar-refractivity contribution in [3.63, 3.8) is 0 Å². The predicted octanol–water partition coefficient (Wildman–Crippen LogP) is -1.01. The summed E-state index contributed by atoms with van der Waals surface area (Å²) in [5, 5.41) is 15.8. The third kappa shape index (κ3) is 5.85. The van der Waals surface area contributed by atoms with Gasteiger partial charge in [0.2, 0.25) is 11.8 Å². The van der Waals surface area contributed by atoms with Crippen LogP contribution in [0.4, 0.5) is 0 Å². The molecule has 118 valence electrons. The first-order valence-electron chi connectivity index (χ1n) is 6.69. The van der Waals surface area contributed by atoms with Crippen molar-refractivity contribution < 1.29 is 19.4 Å². The smallest absolute Gasteiger partial charge is 0.217 e.